The van der Waals surface area contributed by atoms with Gasteiger partial charge in [0, 0.05) is 11.3 Å². The molecular weight excluding hydrogens is 282 g/mol. The van der Waals surface area contributed by atoms with Gasteiger partial charge in [-0.2, -0.15) is 13.8 Å². The zero-order valence-electron chi connectivity index (χ0n) is 11.2. The van der Waals surface area contributed by atoms with E-state index in [0.29, 0.717) is 0 Å². The van der Waals surface area contributed by atoms with Gasteiger partial charge < -0.3 is 0 Å². The molecular formula is C15H11N5S. The highest BCUT2D eigenvalue weighted by atomic mass is 32.1. The van der Waals surface area contributed by atoms with Crippen LogP contribution in [0.4, 0.5) is 0 Å². The topological polar surface area (TPSA) is 67.3 Å². The van der Waals surface area contributed by atoms with Crippen LogP contribution in [0.1, 0.15) is 5.69 Å². The Hall–Kier alpha value is -2.60. The van der Waals surface area contributed by atoms with Crippen LogP contribution in [0.15, 0.2) is 42.6 Å². The van der Waals surface area contributed by atoms with Crippen LogP contribution >= 0.6 is 11.7 Å². The van der Waals surface area contributed by atoms with Crippen molar-refractivity contribution in [3.8, 4) is 22.5 Å². The van der Waals surface area contributed by atoms with Crippen LogP contribution in [-0.2, 0) is 0 Å². The maximum atomic E-state index is 4.56. The molecule has 0 amide bonds. The summed E-state index contributed by atoms with van der Waals surface area (Å²) in [6, 6.07) is 12.0. The predicted octanol–water partition coefficient (Wildman–Crippen LogP) is 3.45. The third kappa shape index (κ3) is 2.09. The molecule has 0 aliphatic heterocycles. The van der Waals surface area contributed by atoms with Crippen molar-refractivity contribution in [2.75, 3.05) is 0 Å². The Bertz CT molecular complexity index is 924. The van der Waals surface area contributed by atoms with E-state index in [2.05, 4.69) is 23.9 Å². The zero-order valence-corrected chi connectivity index (χ0v) is 12.1. The van der Waals surface area contributed by atoms with E-state index in [1.54, 1.807) is 0 Å². The maximum Gasteiger partial charge on any atom is 0.105 e. The Morgan fingerprint density at radius 3 is 2.86 bits per heavy atom. The van der Waals surface area contributed by atoms with Gasteiger partial charge in [0.15, 0.2) is 0 Å². The van der Waals surface area contributed by atoms with Gasteiger partial charge in [-0.15, -0.1) is 0 Å². The first-order chi connectivity index (χ1) is 10.3. The van der Waals surface area contributed by atoms with Crippen molar-refractivity contribution in [1.29, 1.82) is 0 Å². The van der Waals surface area contributed by atoms with Gasteiger partial charge in [0.25, 0.3) is 0 Å². The average Bonchev–Trinajstić information content (AvgIpc) is 3.15. The number of aromatic nitrogens is 5. The largest absolute Gasteiger partial charge is 0.276 e. The van der Waals surface area contributed by atoms with Gasteiger partial charge in [0.1, 0.15) is 11.0 Å². The summed E-state index contributed by atoms with van der Waals surface area (Å²) in [6.45, 7) is 1.98. The molecule has 0 radical (unpaired) electrons. The Balaban J connectivity index is 1.88. The third-order valence-corrected chi connectivity index (χ3v) is 3.91. The van der Waals surface area contributed by atoms with Crippen LogP contribution < -0.4 is 0 Å². The van der Waals surface area contributed by atoms with Crippen molar-refractivity contribution < 1.29 is 0 Å². The summed E-state index contributed by atoms with van der Waals surface area (Å²) in [5, 5.41) is 7.22. The molecule has 6 heteroatoms. The van der Waals surface area contributed by atoms with Crippen molar-refractivity contribution in [2.45, 2.75) is 6.92 Å². The fraction of sp³-hybridized carbons (Fsp3) is 0.0667. The van der Waals surface area contributed by atoms with Crippen molar-refractivity contribution in [3.05, 3.63) is 48.3 Å². The van der Waals surface area contributed by atoms with Gasteiger partial charge in [-0.05, 0) is 36.8 Å². The second-order valence-electron chi connectivity index (χ2n) is 4.79. The molecule has 0 bridgehead atoms. The van der Waals surface area contributed by atoms with Crippen LogP contribution in [-0.4, -0.2) is 23.9 Å². The zero-order chi connectivity index (χ0) is 14.2. The summed E-state index contributed by atoms with van der Waals surface area (Å²) in [4.78, 5) is 4.56. The molecule has 0 saturated heterocycles. The molecule has 0 unspecified atom stereocenters. The van der Waals surface area contributed by atoms with Crippen LogP contribution in [0.5, 0.6) is 0 Å². The fourth-order valence-corrected chi connectivity index (χ4v) is 2.85. The SMILES string of the molecule is Cc1cccc(-c2[nH]ncc2-c2ccc3nsnc3c2)n1. The number of hydrogen-bond donors (Lipinski definition) is 1. The summed E-state index contributed by atoms with van der Waals surface area (Å²) in [5.74, 6) is 0. The van der Waals surface area contributed by atoms with Gasteiger partial charge in [-0.3, -0.25) is 10.1 Å². The van der Waals surface area contributed by atoms with Crippen molar-refractivity contribution in [2.24, 2.45) is 0 Å². The van der Waals surface area contributed by atoms with Gasteiger partial charge in [-0.25, -0.2) is 0 Å². The molecule has 0 saturated carbocycles. The lowest BCUT2D eigenvalue weighted by Gasteiger charge is -2.04. The van der Waals surface area contributed by atoms with Crippen LogP contribution in [0.25, 0.3) is 33.5 Å². The van der Waals surface area contributed by atoms with E-state index in [0.717, 1.165) is 39.2 Å². The molecule has 0 spiro atoms. The van der Waals surface area contributed by atoms with E-state index in [-0.39, 0.29) is 0 Å². The first-order valence-corrected chi connectivity index (χ1v) is 7.24. The number of fused-ring (bicyclic) bond motifs is 1. The van der Waals surface area contributed by atoms with Gasteiger partial charge in [0.2, 0.25) is 0 Å². The van der Waals surface area contributed by atoms with Gasteiger partial charge >= 0.3 is 0 Å². The quantitative estimate of drug-likeness (QED) is 0.614. The molecule has 0 aliphatic rings. The lowest BCUT2D eigenvalue weighted by molar-refractivity contribution is 1.08. The van der Waals surface area contributed by atoms with E-state index < -0.39 is 0 Å². The molecule has 1 N–H and O–H groups in total. The number of nitrogens with one attached hydrogen (secondary N) is 1. The van der Waals surface area contributed by atoms with Crippen LogP contribution in [0.2, 0.25) is 0 Å². The normalized spacial score (nSPS) is 11.1. The summed E-state index contributed by atoms with van der Waals surface area (Å²) >= 11 is 1.23. The number of aromatic amines is 1. The van der Waals surface area contributed by atoms with E-state index in [1.807, 2.05) is 49.5 Å². The lowest BCUT2D eigenvalue weighted by Crippen LogP contribution is -1.89. The number of H-pyrrole nitrogens is 1. The molecule has 1 aromatic carbocycles. The van der Waals surface area contributed by atoms with Gasteiger partial charge in [-0.1, -0.05) is 12.1 Å². The number of aryl methyl sites for hydroxylation is 1. The number of pyridine rings is 1. The summed E-state index contributed by atoms with van der Waals surface area (Å²) in [5.41, 5.74) is 6.68. The molecule has 5 nitrogen and oxygen atoms in total. The molecule has 0 aliphatic carbocycles. The summed E-state index contributed by atoms with van der Waals surface area (Å²) in [6.07, 6.45) is 1.82. The van der Waals surface area contributed by atoms with E-state index >= 15 is 0 Å². The Labute approximate surface area is 125 Å². The fourth-order valence-electron chi connectivity index (χ4n) is 2.33. The molecule has 4 rings (SSSR count). The highest BCUT2D eigenvalue weighted by molar-refractivity contribution is 7.00. The molecule has 0 fully saturated rings. The Morgan fingerprint density at radius 1 is 1.05 bits per heavy atom. The highest BCUT2D eigenvalue weighted by Crippen LogP contribution is 2.30. The second-order valence-corrected chi connectivity index (χ2v) is 5.32. The van der Waals surface area contributed by atoms with Crippen molar-refractivity contribution in [3.63, 3.8) is 0 Å². The van der Waals surface area contributed by atoms with E-state index in [4.69, 9.17) is 0 Å². The smallest absolute Gasteiger partial charge is 0.105 e. The number of rotatable bonds is 2. The molecule has 4 aromatic rings. The lowest BCUT2D eigenvalue weighted by atomic mass is 10.0. The maximum absolute atomic E-state index is 4.56. The summed E-state index contributed by atoms with van der Waals surface area (Å²) < 4.78 is 8.52. The minimum absolute atomic E-state index is 0.888. The van der Waals surface area contributed by atoms with E-state index in [1.165, 1.54) is 11.7 Å². The summed E-state index contributed by atoms with van der Waals surface area (Å²) in [7, 11) is 0. The second kappa shape index (κ2) is 4.75. The third-order valence-electron chi connectivity index (χ3n) is 3.35. The molecule has 21 heavy (non-hydrogen) atoms. The number of nitrogens with zero attached hydrogens (tertiary/aromatic N) is 4. The monoisotopic (exact) mass is 293 g/mol. The van der Waals surface area contributed by atoms with Gasteiger partial charge in [0.05, 0.1) is 29.3 Å². The minimum atomic E-state index is 0.888. The predicted molar refractivity (Wildman–Crippen MR) is 83.0 cm³/mol. The first-order valence-electron chi connectivity index (χ1n) is 6.51. The van der Waals surface area contributed by atoms with Crippen LogP contribution in [0.3, 0.4) is 0 Å². The minimum Gasteiger partial charge on any atom is -0.276 e. The van der Waals surface area contributed by atoms with Crippen molar-refractivity contribution in [1.82, 2.24) is 23.9 Å². The van der Waals surface area contributed by atoms with Crippen LogP contribution in [0, 0.1) is 6.92 Å². The number of benzene rings is 1. The molecule has 0 atom stereocenters. The Morgan fingerprint density at radius 2 is 1.95 bits per heavy atom. The molecule has 3 aromatic heterocycles. The number of hydrogen-bond acceptors (Lipinski definition) is 5. The first kappa shape index (κ1) is 12.2. The average molecular weight is 293 g/mol. The van der Waals surface area contributed by atoms with E-state index in [9.17, 15) is 0 Å². The highest BCUT2D eigenvalue weighted by Gasteiger charge is 2.12. The van der Waals surface area contributed by atoms with Crippen molar-refractivity contribution >= 4 is 22.8 Å². The molecule has 102 valence electrons. The Kier molecular flexibility index (Phi) is 2.75. The standard InChI is InChI=1S/C15H11N5S/c1-9-3-2-4-13(17-9)15-11(8-16-18-15)10-5-6-12-14(7-10)20-21-19-12/h2-8H,1H3,(H,16,18). The molecule has 3 heterocycles.